The van der Waals surface area contributed by atoms with E-state index in [2.05, 4.69) is 5.32 Å². The Labute approximate surface area is 156 Å². The molecule has 27 heavy (non-hydrogen) atoms. The summed E-state index contributed by atoms with van der Waals surface area (Å²) in [7, 11) is 0. The maximum Gasteiger partial charge on any atom is 0.416 e. The second-order valence-corrected chi connectivity index (χ2v) is 6.26. The van der Waals surface area contributed by atoms with Gasteiger partial charge in [-0.1, -0.05) is 11.6 Å². The lowest BCUT2D eigenvalue weighted by Gasteiger charge is -2.13. The minimum absolute atomic E-state index is 0.156. The van der Waals surface area contributed by atoms with Gasteiger partial charge in [0.1, 0.15) is 0 Å². The summed E-state index contributed by atoms with van der Waals surface area (Å²) >= 11 is 5.82. The number of nitrogens with zero attached hydrogens (tertiary/aromatic N) is 1. The maximum atomic E-state index is 12.5. The number of halogens is 4. The summed E-state index contributed by atoms with van der Waals surface area (Å²) in [4.78, 5) is 37.4. The molecule has 5 nitrogen and oxygen atoms in total. The number of anilines is 1. The molecular weight excluding hydrogens is 385 g/mol. The Morgan fingerprint density at radius 2 is 1.63 bits per heavy atom. The number of hydrogen-bond acceptors (Lipinski definition) is 3. The fourth-order valence-electron chi connectivity index (χ4n) is 2.65. The molecule has 0 fully saturated rings. The largest absolute Gasteiger partial charge is 0.416 e. The number of benzene rings is 2. The van der Waals surface area contributed by atoms with E-state index in [0.717, 1.165) is 29.2 Å². The predicted octanol–water partition coefficient (Wildman–Crippen LogP) is 3.98. The Morgan fingerprint density at radius 1 is 1.00 bits per heavy atom. The standard InChI is InChI=1S/C18H12ClF3N2O3/c19-11-3-6-13-14(9-11)17(27)24(16(13)26)8-7-15(25)23-12-4-1-10(2-5-12)18(20,21)22/h1-6,9H,7-8H2,(H,23,25). The molecule has 1 aliphatic rings. The van der Waals surface area contributed by atoms with Crippen LogP contribution in [-0.4, -0.2) is 29.2 Å². The van der Waals surface area contributed by atoms with Crippen LogP contribution in [0.5, 0.6) is 0 Å². The van der Waals surface area contributed by atoms with Crippen molar-refractivity contribution in [1.82, 2.24) is 4.90 Å². The van der Waals surface area contributed by atoms with Crippen LogP contribution in [0, 0.1) is 0 Å². The van der Waals surface area contributed by atoms with Crippen molar-refractivity contribution in [3.63, 3.8) is 0 Å². The Bertz CT molecular complexity index is 926. The van der Waals surface area contributed by atoms with E-state index < -0.39 is 29.5 Å². The first-order valence-corrected chi connectivity index (χ1v) is 8.17. The lowest BCUT2D eigenvalue weighted by Crippen LogP contribution is -2.32. The first-order chi connectivity index (χ1) is 12.7. The molecule has 2 aromatic carbocycles. The topological polar surface area (TPSA) is 66.5 Å². The van der Waals surface area contributed by atoms with Gasteiger partial charge in [-0.3, -0.25) is 19.3 Å². The molecule has 0 spiro atoms. The van der Waals surface area contributed by atoms with Crippen LogP contribution in [0.2, 0.25) is 5.02 Å². The average Bonchev–Trinajstić information content (AvgIpc) is 2.83. The summed E-state index contributed by atoms with van der Waals surface area (Å²) in [6, 6.07) is 8.29. The van der Waals surface area contributed by atoms with Gasteiger partial charge in [-0.05, 0) is 42.5 Å². The van der Waals surface area contributed by atoms with Crippen LogP contribution in [0.4, 0.5) is 18.9 Å². The molecule has 0 aliphatic carbocycles. The smallest absolute Gasteiger partial charge is 0.326 e. The molecule has 1 aliphatic heterocycles. The van der Waals surface area contributed by atoms with Crippen LogP contribution >= 0.6 is 11.6 Å². The third-order valence-corrected chi connectivity index (χ3v) is 4.23. The fraction of sp³-hybridized carbons (Fsp3) is 0.167. The number of imide groups is 1. The van der Waals surface area contributed by atoms with Crippen molar-refractivity contribution >= 4 is 35.0 Å². The average molecular weight is 397 g/mol. The molecule has 0 saturated carbocycles. The van der Waals surface area contributed by atoms with Gasteiger partial charge < -0.3 is 5.32 Å². The summed E-state index contributed by atoms with van der Waals surface area (Å²) in [5.41, 5.74) is -0.254. The Balaban J connectivity index is 1.60. The molecule has 1 N–H and O–H groups in total. The summed E-state index contributed by atoms with van der Waals surface area (Å²) in [6.07, 6.45) is -4.66. The molecule has 9 heteroatoms. The van der Waals surface area contributed by atoms with E-state index in [0.29, 0.717) is 5.02 Å². The van der Waals surface area contributed by atoms with Crippen LogP contribution in [-0.2, 0) is 11.0 Å². The molecule has 3 amide bonds. The molecule has 0 saturated heterocycles. The SMILES string of the molecule is O=C(CCN1C(=O)c2ccc(Cl)cc2C1=O)Nc1ccc(C(F)(F)F)cc1. The van der Waals surface area contributed by atoms with Gasteiger partial charge in [0.05, 0.1) is 16.7 Å². The van der Waals surface area contributed by atoms with Gasteiger partial charge in [0, 0.05) is 23.7 Å². The van der Waals surface area contributed by atoms with E-state index in [1.165, 1.54) is 18.2 Å². The number of carbonyl (C=O) groups excluding carboxylic acids is 3. The van der Waals surface area contributed by atoms with E-state index in [4.69, 9.17) is 11.6 Å². The molecule has 0 radical (unpaired) electrons. The van der Waals surface area contributed by atoms with E-state index in [1.807, 2.05) is 0 Å². The van der Waals surface area contributed by atoms with Crippen molar-refractivity contribution < 1.29 is 27.6 Å². The van der Waals surface area contributed by atoms with Crippen molar-refractivity contribution in [2.45, 2.75) is 12.6 Å². The quantitative estimate of drug-likeness (QED) is 0.795. The van der Waals surface area contributed by atoms with Gasteiger partial charge in [-0.25, -0.2) is 0 Å². The zero-order valence-corrected chi connectivity index (χ0v) is 14.4. The first-order valence-electron chi connectivity index (χ1n) is 7.79. The van der Waals surface area contributed by atoms with E-state index in [9.17, 15) is 27.6 Å². The van der Waals surface area contributed by atoms with Gasteiger partial charge in [-0.15, -0.1) is 0 Å². The molecule has 0 aromatic heterocycles. The number of hydrogen-bond donors (Lipinski definition) is 1. The van der Waals surface area contributed by atoms with Gasteiger partial charge in [0.25, 0.3) is 11.8 Å². The number of fused-ring (bicyclic) bond motifs is 1. The molecule has 0 unspecified atom stereocenters. The highest BCUT2D eigenvalue weighted by atomic mass is 35.5. The minimum atomic E-state index is -4.46. The lowest BCUT2D eigenvalue weighted by molar-refractivity contribution is -0.137. The van der Waals surface area contributed by atoms with Crippen molar-refractivity contribution in [2.75, 3.05) is 11.9 Å². The molecule has 0 bridgehead atoms. The molecule has 140 valence electrons. The van der Waals surface area contributed by atoms with Gasteiger partial charge in [0.15, 0.2) is 0 Å². The highest BCUT2D eigenvalue weighted by Crippen LogP contribution is 2.30. The van der Waals surface area contributed by atoms with Gasteiger partial charge in [-0.2, -0.15) is 13.2 Å². The number of carbonyl (C=O) groups is 3. The lowest BCUT2D eigenvalue weighted by atomic mass is 10.1. The van der Waals surface area contributed by atoms with E-state index in [1.54, 1.807) is 0 Å². The highest BCUT2D eigenvalue weighted by Gasteiger charge is 2.35. The summed E-state index contributed by atoms with van der Waals surface area (Å²) in [5.74, 6) is -1.60. The monoisotopic (exact) mass is 396 g/mol. The van der Waals surface area contributed by atoms with Crippen molar-refractivity contribution in [2.24, 2.45) is 0 Å². The predicted molar refractivity (Wildman–Crippen MR) is 91.5 cm³/mol. The number of amides is 3. The van der Waals surface area contributed by atoms with E-state index in [-0.39, 0.29) is 29.8 Å². The molecule has 2 aromatic rings. The molecule has 3 rings (SSSR count). The second-order valence-electron chi connectivity index (χ2n) is 5.83. The van der Waals surface area contributed by atoms with Crippen molar-refractivity contribution in [3.8, 4) is 0 Å². The van der Waals surface area contributed by atoms with Crippen LogP contribution in [0.3, 0.4) is 0 Å². The third-order valence-electron chi connectivity index (χ3n) is 3.99. The number of alkyl halides is 3. The zero-order chi connectivity index (χ0) is 19.8. The van der Waals surface area contributed by atoms with E-state index >= 15 is 0 Å². The summed E-state index contributed by atoms with van der Waals surface area (Å²) in [5, 5.41) is 2.74. The van der Waals surface area contributed by atoms with Crippen molar-refractivity contribution in [3.05, 3.63) is 64.2 Å². The number of nitrogens with one attached hydrogen (secondary N) is 1. The van der Waals surface area contributed by atoms with Gasteiger partial charge >= 0.3 is 6.18 Å². The van der Waals surface area contributed by atoms with Crippen LogP contribution in [0.25, 0.3) is 0 Å². The summed E-state index contributed by atoms with van der Waals surface area (Å²) in [6.45, 7) is -0.156. The first kappa shape index (κ1) is 18.9. The molecular formula is C18H12ClF3N2O3. The Kier molecular flexibility index (Phi) is 4.93. The Morgan fingerprint density at radius 3 is 2.26 bits per heavy atom. The molecule has 1 heterocycles. The third kappa shape index (κ3) is 3.95. The zero-order valence-electron chi connectivity index (χ0n) is 13.6. The fourth-order valence-corrected chi connectivity index (χ4v) is 2.82. The van der Waals surface area contributed by atoms with Crippen LogP contribution in [0.15, 0.2) is 42.5 Å². The van der Waals surface area contributed by atoms with Crippen LogP contribution < -0.4 is 5.32 Å². The normalized spacial score (nSPS) is 13.7. The summed E-state index contributed by atoms with van der Waals surface area (Å²) < 4.78 is 37.6. The minimum Gasteiger partial charge on any atom is -0.326 e. The van der Waals surface area contributed by atoms with Gasteiger partial charge in [0.2, 0.25) is 5.91 Å². The highest BCUT2D eigenvalue weighted by molar-refractivity contribution is 6.32. The molecule has 0 atom stereocenters. The second kappa shape index (κ2) is 7.03. The van der Waals surface area contributed by atoms with Crippen molar-refractivity contribution in [1.29, 1.82) is 0 Å². The van der Waals surface area contributed by atoms with Crippen LogP contribution in [0.1, 0.15) is 32.7 Å². The maximum absolute atomic E-state index is 12.5. The Hall–Kier alpha value is -2.87. The number of rotatable bonds is 4.